The molecule has 2 saturated carbocycles. The highest BCUT2D eigenvalue weighted by molar-refractivity contribution is 6.31. The van der Waals surface area contributed by atoms with Crippen LogP contribution >= 0.6 is 23.2 Å². The van der Waals surface area contributed by atoms with Crippen LogP contribution in [0.5, 0.6) is 0 Å². The first kappa shape index (κ1) is 55.9. The lowest BCUT2D eigenvalue weighted by Crippen LogP contribution is -2.54. The third-order valence-electron chi connectivity index (χ3n) is 17.1. The van der Waals surface area contributed by atoms with Crippen LogP contribution in [-0.2, 0) is 54.7 Å². The summed E-state index contributed by atoms with van der Waals surface area (Å²) >= 11 is 13.0. The molecule has 2 aromatic carbocycles. The number of carbonyl (C=O) groups excluding carboxylic acids is 6. The molecule has 0 N–H and O–H groups in total. The minimum Gasteiger partial charge on any atom is -0.343 e. The van der Waals surface area contributed by atoms with E-state index in [1.807, 2.05) is 34.1 Å². The maximum atomic E-state index is 13.0. The topological polar surface area (TPSA) is 122 Å². The third-order valence-corrected chi connectivity index (χ3v) is 17.5. The average molecular weight is 1030 g/mol. The van der Waals surface area contributed by atoms with Gasteiger partial charge in [0.2, 0.25) is 23.6 Å². The quantitative estimate of drug-likeness (QED) is 0.184. The fraction of sp³-hybridized carbons (Fsp3) is 0.690. The van der Waals surface area contributed by atoms with Crippen molar-refractivity contribution in [3.63, 3.8) is 0 Å². The number of nitrogens with zero attached hydrogens (tertiary/aromatic N) is 6. The molecule has 0 unspecified atom stereocenters. The Morgan fingerprint density at radius 3 is 1.19 bits per heavy atom. The average Bonchev–Trinajstić information content (AvgIpc) is 4.09. The summed E-state index contributed by atoms with van der Waals surface area (Å²) in [6.07, 6.45) is 14.7. The Labute approximate surface area is 440 Å². The SMILES string of the molecule is CC(=O)N1CCC[C@@H](CC(=O)Cc2cc(Cl)cc(CN3CCN(C(=O)C4CCCC4)[C@@H](C)C3)c2C)C1.CC(=O)N1CCC[C@H](CC(=O)Cc2cc(Cl)cc(CN3CCN(C(=O)C4CCCC4)[C@@H](C)C3)c2C)C1. The molecular weight excluding hydrogens is 948 g/mol. The van der Waals surface area contributed by atoms with Crippen LogP contribution in [0.25, 0.3) is 0 Å². The van der Waals surface area contributed by atoms with Gasteiger partial charge in [-0.25, -0.2) is 0 Å². The first-order valence-electron chi connectivity index (χ1n) is 27.6. The van der Waals surface area contributed by atoms with Gasteiger partial charge in [0.05, 0.1) is 0 Å². The Hall–Kier alpha value is -3.84. The summed E-state index contributed by atoms with van der Waals surface area (Å²) in [6.45, 7) is 21.2. The van der Waals surface area contributed by atoms with Crippen molar-refractivity contribution in [1.29, 1.82) is 0 Å². The van der Waals surface area contributed by atoms with Crippen LogP contribution in [-0.4, -0.2) is 142 Å². The highest BCUT2D eigenvalue weighted by Gasteiger charge is 2.35. The van der Waals surface area contributed by atoms with Crippen LogP contribution in [0.3, 0.4) is 0 Å². The summed E-state index contributed by atoms with van der Waals surface area (Å²) in [5.74, 6) is 2.29. The molecule has 4 amide bonds. The summed E-state index contributed by atoms with van der Waals surface area (Å²) in [6, 6.07) is 8.33. The lowest BCUT2D eigenvalue weighted by Gasteiger charge is -2.41. The maximum absolute atomic E-state index is 13.0. The number of hydrogen-bond acceptors (Lipinski definition) is 8. The molecule has 0 aromatic heterocycles. The number of carbonyl (C=O) groups is 6. The Bertz CT molecular complexity index is 2110. The van der Waals surface area contributed by atoms with Gasteiger partial charge in [0.1, 0.15) is 11.6 Å². The van der Waals surface area contributed by atoms with Gasteiger partial charge in [-0.3, -0.25) is 38.6 Å². The van der Waals surface area contributed by atoms with E-state index in [0.29, 0.717) is 60.6 Å². The summed E-state index contributed by atoms with van der Waals surface area (Å²) in [5.41, 5.74) is 6.61. The predicted octanol–water partition coefficient (Wildman–Crippen LogP) is 9.26. The number of likely N-dealkylation sites (tertiary alicyclic amines) is 2. The zero-order valence-electron chi connectivity index (χ0n) is 44.5. The molecular formula is C58H84Cl2N6O6. The van der Waals surface area contributed by atoms with E-state index < -0.39 is 0 Å². The zero-order valence-corrected chi connectivity index (χ0v) is 46.0. The molecule has 4 heterocycles. The van der Waals surface area contributed by atoms with E-state index in [4.69, 9.17) is 23.2 Å². The molecule has 72 heavy (non-hydrogen) atoms. The highest BCUT2D eigenvalue weighted by Crippen LogP contribution is 2.32. The van der Waals surface area contributed by atoms with Crippen molar-refractivity contribution in [1.82, 2.24) is 29.4 Å². The van der Waals surface area contributed by atoms with Crippen LogP contribution in [0, 0.1) is 37.5 Å². The van der Waals surface area contributed by atoms with E-state index in [1.54, 1.807) is 13.8 Å². The Balaban J connectivity index is 0.000000211. The number of Topliss-reactive ketones (excluding diaryl/α,β-unsaturated/α-hetero) is 2. The van der Waals surface area contributed by atoms with Crippen LogP contribution in [0.1, 0.15) is 151 Å². The number of piperidine rings is 2. The summed E-state index contributed by atoms with van der Waals surface area (Å²) in [7, 11) is 0. The minimum absolute atomic E-state index is 0.0977. The van der Waals surface area contributed by atoms with Crippen molar-refractivity contribution in [2.24, 2.45) is 23.7 Å². The lowest BCUT2D eigenvalue weighted by molar-refractivity contribution is -0.140. The molecule has 2 aliphatic carbocycles. The fourth-order valence-electron chi connectivity index (χ4n) is 12.8. The largest absolute Gasteiger partial charge is 0.343 e. The first-order valence-corrected chi connectivity index (χ1v) is 28.3. The van der Waals surface area contributed by atoms with Gasteiger partial charge in [-0.15, -0.1) is 0 Å². The number of benzene rings is 2. The van der Waals surface area contributed by atoms with Crippen molar-refractivity contribution < 1.29 is 28.8 Å². The van der Waals surface area contributed by atoms with Crippen LogP contribution in [0.4, 0.5) is 0 Å². The molecule has 0 bridgehead atoms. The molecule has 0 radical (unpaired) electrons. The van der Waals surface area contributed by atoms with Crippen LogP contribution in [0.15, 0.2) is 24.3 Å². The van der Waals surface area contributed by atoms with E-state index in [1.165, 1.54) is 25.7 Å². The van der Waals surface area contributed by atoms with Gasteiger partial charge in [0.15, 0.2) is 0 Å². The molecule has 396 valence electrons. The number of hydrogen-bond donors (Lipinski definition) is 0. The number of ketones is 2. The van der Waals surface area contributed by atoms with E-state index in [2.05, 4.69) is 47.3 Å². The second kappa shape index (κ2) is 26.1. The second-order valence-corrected chi connectivity index (χ2v) is 23.6. The Kier molecular flexibility index (Phi) is 20.3. The van der Waals surface area contributed by atoms with Gasteiger partial charge in [-0.05, 0) is 149 Å². The van der Waals surface area contributed by atoms with E-state index in [-0.39, 0.29) is 59.1 Å². The zero-order chi connectivity index (χ0) is 51.6. The summed E-state index contributed by atoms with van der Waals surface area (Å²) < 4.78 is 0. The molecule has 6 aliphatic rings. The molecule has 6 fully saturated rings. The Morgan fingerprint density at radius 2 is 0.847 bits per heavy atom. The van der Waals surface area contributed by atoms with E-state index in [0.717, 1.165) is 150 Å². The van der Waals surface area contributed by atoms with Crippen molar-refractivity contribution in [2.45, 2.75) is 169 Å². The van der Waals surface area contributed by atoms with Crippen molar-refractivity contribution in [2.75, 3.05) is 65.4 Å². The third kappa shape index (κ3) is 15.2. The maximum Gasteiger partial charge on any atom is 0.226 e. The highest BCUT2D eigenvalue weighted by atomic mass is 35.5. The summed E-state index contributed by atoms with van der Waals surface area (Å²) in [5, 5.41) is 1.34. The van der Waals surface area contributed by atoms with Gasteiger partial charge < -0.3 is 19.6 Å². The van der Waals surface area contributed by atoms with Crippen molar-refractivity contribution in [3.8, 4) is 0 Å². The van der Waals surface area contributed by atoms with Crippen LogP contribution in [0.2, 0.25) is 10.0 Å². The molecule has 14 heteroatoms. The van der Waals surface area contributed by atoms with Gasteiger partial charge in [0, 0.05) is 152 Å². The molecule has 4 atom stereocenters. The fourth-order valence-corrected chi connectivity index (χ4v) is 13.4. The summed E-state index contributed by atoms with van der Waals surface area (Å²) in [4.78, 5) is 88.1. The minimum atomic E-state index is 0.0977. The molecule has 8 rings (SSSR count). The molecule has 2 aromatic rings. The number of amides is 4. The van der Waals surface area contributed by atoms with E-state index in [9.17, 15) is 28.8 Å². The smallest absolute Gasteiger partial charge is 0.226 e. The molecule has 4 aliphatic heterocycles. The van der Waals surface area contributed by atoms with Crippen molar-refractivity contribution >= 4 is 58.4 Å². The second-order valence-electron chi connectivity index (χ2n) is 22.7. The van der Waals surface area contributed by atoms with Gasteiger partial charge >= 0.3 is 0 Å². The molecule has 12 nitrogen and oxygen atoms in total. The molecule has 0 spiro atoms. The normalized spacial score (nSPS) is 23.8. The Morgan fingerprint density at radius 1 is 0.486 bits per heavy atom. The lowest BCUT2D eigenvalue weighted by atomic mass is 9.89. The van der Waals surface area contributed by atoms with Gasteiger partial charge in [-0.2, -0.15) is 0 Å². The molecule has 4 saturated heterocycles. The predicted molar refractivity (Wildman–Crippen MR) is 286 cm³/mol. The number of halogens is 2. The monoisotopic (exact) mass is 1030 g/mol. The van der Waals surface area contributed by atoms with E-state index >= 15 is 0 Å². The van der Waals surface area contributed by atoms with Crippen molar-refractivity contribution in [3.05, 3.63) is 67.7 Å². The van der Waals surface area contributed by atoms with Gasteiger partial charge in [0.25, 0.3) is 0 Å². The first-order chi connectivity index (χ1) is 34.4. The standard InChI is InChI=1S/2C29H42ClN3O3/c2*1-20-17-31(11-12-33(20)29(36)24-8-4-5-9-24)19-26-15-27(30)14-25(21(26)2)16-28(35)13-23-7-6-10-32(18-23)22(3)34/h2*14-15,20,23-24H,4-13,16-19H2,1-3H3/t20-,23+;20-,23-/m00/s1. The number of piperazine rings is 2. The number of rotatable bonds is 14. The van der Waals surface area contributed by atoms with Crippen LogP contribution < -0.4 is 0 Å². The van der Waals surface area contributed by atoms with Gasteiger partial charge in [-0.1, -0.05) is 48.9 Å².